The summed E-state index contributed by atoms with van der Waals surface area (Å²) < 4.78 is 3.90. The molecule has 0 bridgehead atoms. The van der Waals surface area contributed by atoms with Crippen molar-refractivity contribution >= 4 is 11.7 Å². The van der Waals surface area contributed by atoms with Gasteiger partial charge in [-0.2, -0.15) is 5.10 Å². The lowest BCUT2D eigenvalue weighted by atomic mass is 9.90. The van der Waals surface area contributed by atoms with Crippen LogP contribution in [0.5, 0.6) is 0 Å². The SMILES string of the molecule is Cc1cc(C)n(CC[C@@H]2CC(=O)Nc3c2c(=O)[nH]n3C2CCCCC2)n1. The van der Waals surface area contributed by atoms with Crippen molar-refractivity contribution in [1.29, 1.82) is 0 Å². The number of nitrogens with one attached hydrogen (secondary N) is 2. The van der Waals surface area contributed by atoms with E-state index in [-0.39, 0.29) is 23.4 Å². The Morgan fingerprint density at radius 2 is 1.96 bits per heavy atom. The number of hydrogen-bond donors (Lipinski definition) is 2. The molecule has 2 aromatic heterocycles. The van der Waals surface area contributed by atoms with Gasteiger partial charge in [0, 0.05) is 24.6 Å². The second-order valence-corrected chi connectivity index (χ2v) is 7.75. The summed E-state index contributed by atoms with van der Waals surface area (Å²) in [4.78, 5) is 25.0. The summed E-state index contributed by atoms with van der Waals surface area (Å²) >= 11 is 0. The fourth-order valence-electron chi connectivity index (χ4n) is 4.52. The van der Waals surface area contributed by atoms with Crippen LogP contribution in [0.2, 0.25) is 0 Å². The van der Waals surface area contributed by atoms with Crippen LogP contribution >= 0.6 is 0 Å². The van der Waals surface area contributed by atoms with Gasteiger partial charge in [-0.25, -0.2) is 0 Å². The second kappa shape index (κ2) is 6.78. The Morgan fingerprint density at radius 3 is 2.65 bits per heavy atom. The van der Waals surface area contributed by atoms with E-state index in [0.717, 1.165) is 36.2 Å². The largest absolute Gasteiger partial charge is 0.311 e. The molecule has 0 unspecified atom stereocenters. The fourth-order valence-corrected chi connectivity index (χ4v) is 4.52. The summed E-state index contributed by atoms with van der Waals surface area (Å²) in [6.07, 6.45) is 6.82. The zero-order valence-electron chi connectivity index (χ0n) is 15.5. The number of amides is 1. The average Bonchev–Trinajstić information content (AvgIpc) is 3.12. The van der Waals surface area contributed by atoms with Gasteiger partial charge in [0.25, 0.3) is 5.56 Å². The van der Waals surface area contributed by atoms with Crippen LogP contribution in [0, 0.1) is 13.8 Å². The molecule has 4 rings (SSSR count). The molecule has 1 fully saturated rings. The lowest BCUT2D eigenvalue weighted by Gasteiger charge is -2.28. The van der Waals surface area contributed by atoms with Crippen LogP contribution in [0.1, 0.15) is 73.9 Å². The average molecular weight is 357 g/mol. The first kappa shape index (κ1) is 17.1. The molecule has 7 heteroatoms. The summed E-state index contributed by atoms with van der Waals surface area (Å²) in [6, 6.07) is 2.33. The van der Waals surface area contributed by atoms with Gasteiger partial charge in [0.05, 0.1) is 17.3 Å². The van der Waals surface area contributed by atoms with Crippen LogP contribution in [0.15, 0.2) is 10.9 Å². The Kier molecular flexibility index (Phi) is 4.46. The molecule has 26 heavy (non-hydrogen) atoms. The maximum Gasteiger partial charge on any atom is 0.269 e. The van der Waals surface area contributed by atoms with Crippen molar-refractivity contribution < 1.29 is 4.79 Å². The minimum absolute atomic E-state index is 0.000530. The predicted molar refractivity (Wildman–Crippen MR) is 99.5 cm³/mol. The number of H-pyrrole nitrogens is 1. The Bertz CT molecular complexity index is 869. The number of aromatic nitrogens is 4. The van der Waals surface area contributed by atoms with Gasteiger partial charge in [-0.3, -0.25) is 24.1 Å². The maximum absolute atomic E-state index is 12.7. The van der Waals surface area contributed by atoms with Crippen LogP contribution in [0.4, 0.5) is 5.82 Å². The van der Waals surface area contributed by atoms with Gasteiger partial charge < -0.3 is 5.32 Å². The van der Waals surface area contributed by atoms with Gasteiger partial charge in [-0.05, 0) is 39.2 Å². The summed E-state index contributed by atoms with van der Waals surface area (Å²) in [6.45, 7) is 4.72. The van der Waals surface area contributed by atoms with Gasteiger partial charge in [0.2, 0.25) is 5.91 Å². The molecule has 2 aromatic rings. The Hall–Kier alpha value is -2.31. The second-order valence-electron chi connectivity index (χ2n) is 7.75. The number of aryl methyl sites for hydroxylation is 3. The number of nitrogens with zero attached hydrogens (tertiary/aromatic N) is 3. The van der Waals surface area contributed by atoms with E-state index in [2.05, 4.69) is 15.5 Å². The molecule has 1 amide bonds. The first-order chi connectivity index (χ1) is 12.5. The number of rotatable bonds is 4. The maximum atomic E-state index is 12.7. The molecule has 2 aliphatic rings. The van der Waals surface area contributed by atoms with E-state index >= 15 is 0 Å². The third-order valence-corrected chi connectivity index (χ3v) is 5.79. The summed E-state index contributed by atoms with van der Waals surface area (Å²) in [5, 5.41) is 10.5. The standard InChI is InChI=1S/C19H27N5O2/c1-12-10-13(2)23(21-12)9-8-14-11-16(25)20-18-17(14)19(26)22-24(18)15-6-4-3-5-7-15/h10,14-15H,3-9,11H2,1-2H3,(H,20,25)(H,22,26)/t14-/m1/s1. The normalized spacial score (nSPS) is 20.8. The quantitative estimate of drug-likeness (QED) is 0.882. The van der Waals surface area contributed by atoms with Gasteiger partial charge in [-0.15, -0.1) is 0 Å². The van der Waals surface area contributed by atoms with Gasteiger partial charge >= 0.3 is 0 Å². The smallest absolute Gasteiger partial charge is 0.269 e. The predicted octanol–water partition coefficient (Wildman–Crippen LogP) is 3.01. The molecule has 1 aliphatic carbocycles. The van der Waals surface area contributed by atoms with Crippen molar-refractivity contribution in [2.24, 2.45) is 0 Å². The van der Waals surface area contributed by atoms with E-state index < -0.39 is 0 Å². The van der Waals surface area contributed by atoms with Crippen molar-refractivity contribution in [2.75, 3.05) is 5.32 Å². The van der Waals surface area contributed by atoms with Crippen LogP contribution in [0.3, 0.4) is 0 Å². The van der Waals surface area contributed by atoms with Crippen LogP contribution < -0.4 is 10.9 Å². The summed E-state index contributed by atoms with van der Waals surface area (Å²) in [5.41, 5.74) is 2.79. The minimum Gasteiger partial charge on any atom is -0.311 e. The number of carbonyl (C=O) groups is 1. The zero-order valence-corrected chi connectivity index (χ0v) is 15.5. The fraction of sp³-hybridized carbons (Fsp3) is 0.632. The monoisotopic (exact) mass is 357 g/mol. The number of aromatic amines is 1. The molecule has 1 saturated carbocycles. The Morgan fingerprint density at radius 1 is 1.19 bits per heavy atom. The van der Waals surface area contributed by atoms with E-state index in [9.17, 15) is 9.59 Å². The van der Waals surface area contributed by atoms with Crippen molar-refractivity contribution in [3.63, 3.8) is 0 Å². The third kappa shape index (κ3) is 3.10. The van der Waals surface area contributed by atoms with Crippen LogP contribution in [0.25, 0.3) is 0 Å². The van der Waals surface area contributed by atoms with Gasteiger partial charge in [0.1, 0.15) is 5.82 Å². The molecular formula is C19H27N5O2. The number of carbonyl (C=O) groups excluding carboxylic acids is 1. The molecule has 0 spiro atoms. The highest BCUT2D eigenvalue weighted by atomic mass is 16.2. The molecule has 140 valence electrons. The summed E-state index contributed by atoms with van der Waals surface area (Å²) in [7, 11) is 0. The lowest BCUT2D eigenvalue weighted by Crippen LogP contribution is -2.28. The molecule has 1 atom stereocenters. The van der Waals surface area contributed by atoms with Crippen molar-refractivity contribution in [2.45, 2.75) is 77.3 Å². The van der Waals surface area contributed by atoms with E-state index in [1.54, 1.807) is 0 Å². The van der Waals surface area contributed by atoms with E-state index in [1.165, 1.54) is 19.3 Å². The topological polar surface area (TPSA) is 84.7 Å². The van der Waals surface area contributed by atoms with E-state index in [4.69, 9.17) is 0 Å². The molecule has 2 N–H and O–H groups in total. The highest BCUT2D eigenvalue weighted by molar-refractivity contribution is 5.93. The van der Waals surface area contributed by atoms with Crippen molar-refractivity contribution in [1.82, 2.24) is 19.6 Å². The van der Waals surface area contributed by atoms with Crippen molar-refractivity contribution in [3.05, 3.63) is 33.4 Å². The Labute approximate surface area is 152 Å². The number of fused-ring (bicyclic) bond motifs is 1. The number of anilines is 1. The zero-order chi connectivity index (χ0) is 18.3. The van der Waals surface area contributed by atoms with E-state index in [1.807, 2.05) is 29.3 Å². The van der Waals surface area contributed by atoms with Gasteiger partial charge in [0.15, 0.2) is 0 Å². The molecule has 1 aliphatic heterocycles. The Balaban J connectivity index is 1.60. The molecule has 7 nitrogen and oxygen atoms in total. The molecule has 0 radical (unpaired) electrons. The van der Waals surface area contributed by atoms with E-state index in [0.29, 0.717) is 18.8 Å². The van der Waals surface area contributed by atoms with Crippen LogP contribution in [-0.4, -0.2) is 25.5 Å². The number of hydrogen-bond acceptors (Lipinski definition) is 3. The van der Waals surface area contributed by atoms with Crippen molar-refractivity contribution in [3.8, 4) is 0 Å². The minimum atomic E-state index is -0.0590. The van der Waals surface area contributed by atoms with Gasteiger partial charge in [-0.1, -0.05) is 19.3 Å². The first-order valence-corrected chi connectivity index (χ1v) is 9.68. The molecular weight excluding hydrogens is 330 g/mol. The highest BCUT2D eigenvalue weighted by Crippen LogP contribution is 2.37. The summed E-state index contributed by atoms with van der Waals surface area (Å²) in [5.74, 6) is 0.646. The molecule has 0 saturated heterocycles. The first-order valence-electron chi connectivity index (χ1n) is 9.68. The van der Waals surface area contributed by atoms with Crippen LogP contribution in [-0.2, 0) is 11.3 Å². The third-order valence-electron chi connectivity index (χ3n) is 5.79. The molecule has 3 heterocycles. The lowest BCUT2D eigenvalue weighted by molar-refractivity contribution is -0.117. The molecule has 0 aromatic carbocycles. The highest BCUT2D eigenvalue weighted by Gasteiger charge is 2.33.